The van der Waals surface area contributed by atoms with Gasteiger partial charge in [0, 0.05) is 31.0 Å². The fourth-order valence-corrected chi connectivity index (χ4v) is 5.93. The number of ether oxygens (including phenoxy) is 2. The van der Waals surface area contributed by atoms with Crippen molar-refractivity contribution in [3.05, 3.63) is 29.8 Å². The number of likely N-dealkylation sites (tertiary alicyclic amines) is 2. The largest absolute Gasteiger partial charge is 0.493 e. The number of rotatable bonds is 6. The second-order valence-corrected chi connectivity index (χ2v) is 12.5. The van der Waals surface area contributed by atoms with E-state index in [0.717, 1.165) is 44.8 Å². The molecule has 1 aromatic rings. The van der Waals surface area contributed by atoms with Crippen LogP contribution in [0.2, 0.25) is 0 Å². The van der Waals surface area contributed by atoms with Crippen LogP contribution in [-0.4, -0.2) is 71.0 Å². The van der Waals surface area contributed by atoms with Gasteiger partial charge in [-0.05, 0) is 97.4 Å². The molecule has 2 saturated heterocycles. The van der Waals surface area contributed by atoms with Crippen LogP contribution in [0.3, 0.4) is 0 Å². The number of piperidine rings is 1. The van der Waals surface area contributed by atoms with Gasteiger partial charge in [-0.1, -0.05) is 18.2 Å². The van der Waals surface area contributed by atoms with E-state index in [2.05, 4.69) is 23.1 Å². The number of nitrogens with zero attached hydrogens (tertiary/aromatic N) is 2. The average molecular weight is 473 g/mol. The van der Waals surface area contributed by atoms with E-state index in [1.807, 2.05) is 45.6 Å². The predicted molar refractivity (Wildman–Crippen MR) is 134 cm³/mol. The molecule has 1 saturated carbocycles. The number of amides is 1. The van der Waals surface area contributed by atoms with Crippen LogP contribution in [0.15, 0.2) is 24.3 Å². The molecule has 6 heteroatoms. The summed E-state index contributed by atoms with van der Waals surface area (Å²) in [6.45, 7) is 13.9. The molecule has 4 rings (SSSR count). The number of carbonyl (C=O) groups excluding carboxylic acids is 1. The highest BCUT2D eigenvalue weighted by molar-refractivity contribution is 5.69. The van der Waals surface area contributed by atoms with Crippen molar-refractivity contribution >= 4 is 6.09 Å². The summed E-state index contributed by atoms with van der Waals surface area (Å²) in [6, 6.07) is 9.07. The lowest BCUT2D eigenvalue weighted by atomic mass is 9.78. The first kappa shape index (κ1) is 25.3. The van der Waals surface area contributed by atoms with Crippen molar-refractivity contribution in [2.45, 2.75) is 96.3 Å². The van der Waals surface area contributed by atoms with Gasteiger partial charge in [-0.25, -0.2) is 4.79 Å². The van der Waals surface area contributed by atoms with Crippen molar-refractivity contribution in [1.82, 2.24) is 9.80 Å². The molecule has 0 aromatic heterocycles. The first-order chi connectivity index (χ1) is 15.9. The van der Waals surface area contributed by atoms with E-state index in [1.54, 1.807) is 0 Å². The summed E-state index contributed by atoms with van der Waals surface area (Å²) in [7, 11) is 0. The van der Waals surface area contributed by atoms with Crippen molar-refractivity contribution in [2.75, 3.05) is 32.8 Å². The lowest BCUT2D eigenvalue weighted by Crippen LogP contribution is -2.58. The molecule has 6 nitrogen and oxygen atoms in total. The number of carbonyl (C=O) groups is 1. The monoisotopic (exact) mass is 472 g/mol. The minimum atomic E-state index is -0.705. The molecule has 3 fully saturated rings. The molecule has 3 aliphatic rings. The molecule has 1 atom stereocenters. The van der Waals surface area contributed by atoms with Gasteiger partial charge in [0.15, 0.2) is 0 Å². The fraction of sp³-hybridized carbons (Fsp3) is 0.750. The van der Waals surface area contributed by atoms with E-state index >= 15 is 0 Å². The lowest BCUT2D eigenvalue weighted by molar-refractivity contribution is -0.0347. The number of hydrogen-bond donors (Lipinski definition) is 1. The van der Waals surface area contributed by atoms with Gasteiger partial charge in [0.1, 0.15) is 11.4 Å². The predicted octanol–water partition coefficient (Wildman–Crippen LogP) is 5.20. The SMILES string of the molecule is CC(C)(O)CCOc1ccccc1C1CCN([C@@H]2CCC3(C2)CN(C(=O)OC(C)(C)C)C3)CC1. The van der Waals surface area contributed by atoms with E-state index < -0.39 is 11.2 Å². The quantitative estimate of drug-likeness (QED) is 0.617. The highest BCUT2D eigenvalue weighted by Gasteiger charge is 2.51. The van der Waals surface area contributed by atoms with E-state index in [4.69, 9.17) is 9.47 Å². The lowest BCUT2D eigenvalue weighted by Gasteiger charge is -2.48. The standard InChI is InChI=1S/C28H44N2O4/c1-26(2,3)34-25(31)30-19-28(20-30)13-10-22(18-28)29-15-11-21(12-16-29)23-8-6-7-9-24(23)33-17-14-27(4,5)32/h6-9,21-22,32H,10-20H2,1-5H3/t22-/m1/s1. The Kier molecular flexibility index (Phi) is 7.21. The summed E-state index contributed by atoms with van der Waals surface area (Å²) < 4.78 is 11.6. The molecular weight excluding hydrogens is 428 g/mol. The highest BCUT2D eigenvalue weighted by Crippen LogP contribution is 2.48. The van der Waals surface area contributed by atoms with Gasteiger partial charge >= 0.3 is 6.09 Å². The molecule has 1 aliphatic carbocycles. The summed E-state index contributed by atoms with van der Waals surface area (Å²) in [5, 5.41) is 9.98. The molecule has 0 bridgehead atoms. The Morgan fingerprint density at radius 3 is 2.41 bits per heavy atom. The maximum atomic E-state index is 12.3. The number of benzene rings is 1. The molecule has 1 N–H and O–H groups in total. The number of hydrogen-bond acceptors (Lipinski definition) is 5. The summed E-state index contributed by atoms with van der Waals surface area (Å²) in [6.07, 6.45) is 6.42. The zero-order valence-corrected chi connectivity index (χ0v) is 21.8. The molecule has 1 amide bonds. The Morgan fingerprint density at radius 1 is 1.09 bits per heavy atom. The van der Waals surface area contributed by atoms with E-state index in [-0.39, 0.29) is 6.09 Å². The summed E-state index contributed by atoms with van der Waals surface area (Å²) in [5.41, 5.74) is 0.484. The van der Waals surface area contributed by atoms with Crippen LogP contribution < -0.4 is 4.74 Å². The Morgan fingerprint density at radius 2 is 1.76 bits per heavy atom. The maximum absolute atomic E-state index is 12.3. The van der Waals surface area contributed by atoms with Crippen LogP contribution in [0.5, 0.6) is 5.75 Å². The minimum absolute atomic E-state index is 0.161. The Hall–Kier alpha value is -1.79. The third-order valence-corrected chi connectivity index (χ3v) is 7.76. The first-order valence-corrected chi connectivity index (χ1v) is 13.1. The van der Waals surface area contributed by atoms with E-state index in [0.29, 0.717) is 30.4 Å². The fourth-order valence-electron chi connectivity index (χ4n) is 5.93. The third-order valence-electron chi connectivity index (χ3n) is 7.76. The molecule has 2 heterocycles. The molecular formula is C28H44N2O4. The summed E-state index contributed by atoms with van der Waals surface area (Å²) in [5.74, 6) is 1.50. The Bertz CT molecular complexity index is 843. The maximum Gasteiger partial charge on any atom is 0.410 e. The van der Waals surface area contributed by atoms with Gasteiger partial charge in [-0.15, -0.1) is 0 Å². The Balaban J connectivity index is 1.25. The van der Waals surface area contributed by atoms with E-state index in [9.17, 15) is 9.90 Å². The third kappa shape index (κ3) is 6.25. The normalized spacial score (nSPS) is 23.7. The highest BCUT2D eigenvalue weighted by atomic mass is 16.6. The van der Waals surface area contributed by atoms with Crippen LogP contribution in [0.1, 0.15) is 84.6 Å². The van der Waals surface area contributed by atoms with Crippen LogP contribution in [0.25, 0.3) is 0 Å². The zero-order chi connectivity index (χ0) is 24.6. The molecule has 0 unspecified atom stereocenters. The molecule has 2 aliphatic heterocycles. The van der Waals surface area contributed by atoms with Gasteiger partial charge in [-0.3, -0.25) is 0 Å². The van der Waals surface area contributed by atoms with Crippen molar-refractivity contribution in [1.29, 1.82) is 0 Å². The zero-order valence-electron chi connectivity index (χ0n) is 21.8. The van der Waals surface area contributed by atoms with Crippen LogP contribution >= 0.6 is 0 Å². The first-order valence-electron chi connectivity index (χ1n) is 13.1. The number of para-hydroxylation sites is 1. The van der Waals surface area contributed by atoms with Crippen LogP contribution in [-0.2, 0) is 4.74 Å². The number of aliphatic hydroxyl groups is 1. The average Bonchev–Trinajstić information content (AvgIpc) is 3.17. The van der Waals surface area contributed by atoms with Crippen molar-refractivity contribution < 1.29 is 19.4 Å². The molecule has 34 heavy (non-hydrogen) atoms. The van der Waals surface area contributed by atoms with Gasteiger partial charge in [0.25, 0.3) is 0 Å². The van der Waals surface area contributed by atoms with Crippen molar-refractivity contribution in [3.63, 3.8) is 0 Å². The van der Waals surface area contributed by atoms with Gasteiger partial charge in [0.2, 0.25) is 0 Å². The van der Waals surface area contributed by atoms with Gasteiger partial charge in [-0.2, -0.15) is 0 Å². The molecule has 190 valence electrons. The second kappa shape index (κ2) is 9.69. The molecule has 1 aromatic carbocycles. The molecule has 1 spiro atoms. The van der Waals surface area contributed by atoms with Crippen LogP contribution in [0.4, 0.5) is 4.79 Å². The smallest absolute Gasteiger partial charge is 0.410 e. The Labute approximate surface area is 205 Å². The van der Waals surface area contributed by atoms with Gasteiger partial charge in [0.05, 0.1) is 12.2 Å². The van der Waals surface area contributed by atoms with Crippen molar-refractivity contribution in [3.8, 4) is 5.75 Å². The topological polar surface area (TPSA) is 62.2 Å². The molecule has 0 radical (unpaired) electrons. The second-order valence-electron chi connectivity index (χ2n) is 12.5. The van der Waals surface area contributed by atoms with Gasteiger partial charge < -0.3 is 24.4 Å². The van der Waals surface area contributed by atoms with E-state index in [1.165, 1.54) is 24.8 Å². The van der Waals surface area contributed by atoms with Crippen molar-refractivity contribution in [2.24, 2.45) is 5.41 Å². The minimum Gasteiger partial charge on any atom is -0.493 e. The van der Waals surface area contributed by atoms with Crippen LogP contribution in [0, 0.1) is 5.41 Å². The summed E-state index contributed by atoms with van der Waals surface area (Å²) >= 11 is 0. The summed E-state index contributed by atoms with van der Waals surface area (Å²) in [4.78, 5) is 16.9.